The Morgan fingerprint density at radius 3 is 2.67 bits per heavy atom. The molecule has 0 atom stereocenters. The number of aromatic nitrogens is 3. The molecule has 1 aromatic carbocycles. The number of ether oxygens (including phenoxy) is 1. The molecule has 142 valence electrons. The molecule has 0 saturated carbocycles. The summed E-state index contributed by atoms with van der Waals surface area (Å²) >= 11 is 0. The summed E-state index contributed by atoms with van der Waals surface area (Å²) in [6.07, 6.45) is 0.557. The van der Waals surface area contributed by atoms with Gasteiger partial charge in [-0.1, -0.05) is 13.8 Å². The van der Waals surface area contributed by atoms with E-state index in [2.05, 4.69) is 15.0 Å². The molecule has 2 heterocycles. The Balaban J connectivity index is 1.69. The van der Waals surface area contributed by atoms with Crippen molar-refractivity contribution < 1.29 is 9.53 Å². The van der Waals surface area contributed by atoms with Crippen LogP contribution in [0.1, 0.15) is 41.6 Å². The van der Waals surface area contributed by atoms with E-state index in [1.54, 1.807) is 26.3 Å². The van der Waals surface area contributed by atoms with Crippen LogP contribution in [-0.4, -0.2) is 46.5 Å². The summed E-state index contributed by atoms with van der Waals surface area (Å²) in [5.41, 5.74) is 2.35. The van der Waals surface area contributed by atoms with Crippen LogP contribution in [0.3, 0.4) is 0 Å². The Morgan fingerprint density at radius 1 is 1.22 bits per heavy atom. The smallest absolute Gasteiger partial charge is 0.261 e. The number of amides is 1. The summed E-state index contributed by atoms with van der Waals surface area (Å²) in [4.78, 5) is 36.9. The van der Waals surface area contributed by atoms with Crippen LogP contribution in [0.15, 0.2) is 35.1 Å². The molecule has 2 aromatic heterocycles. The maximum absolute atomic E-state index is 12.6. The largest absolute Gasteiger partial charge is 0.497 e. The van der Waals surface area contributed by atoms with Crippen molar-refractivity contribution in [2.45, 2.75) is 26.2 Å². The summed E-state index contributed by atoms with van der Waals surface area (Å²) in [6.45, 7) is 4.42. The van der Waals surface area contributed by atoms with Gasteiger partial charge in [-0.05, 0) is 30.2 Å². The minimum atomic E-state index is -0.353. The number of carbonyl (C=O) groups is 1. The van der Waals surface area contributed by atoms with Gasteiger partial charge in [-0.2, -0.15) is 0 Å². The number of pyridine rings is 1. The normalized spacial score (nSPS) is 11.1. The van der Waals surface area contributed by atoms with Gasteiger partial charge in [0.15, 0.2) is 0 Å². The van der Waals surface area contributed by atoms with Crippen LogP contribution in [0, 0.1) is 0 Å². The Bertz CT molecular complexity index is 1020. The van der Waals surface area contributed by atoms with E-state index >= 15 is 0 Å². The van der Waals surface area contributed by atoms with Crippen LogP contribution in [0.5, 0.6) is 5.75 Å². The zero-order valence-corrected chi connectivity index (χ0v) is 16.0. The standard InChI is InChI=1S/C20H24N4O3/c1-12(2)15-8-6-14(19(25)23-15)20(26)24(3)10-9-18-21-16-7-5-13(27-4)11-17(16)22-18/h5-8,11-12H,9-10H2,1-4H3,(H,21,22)(H,23,25). The number of fused-ring (bicyclic) bond motifs is 1. The van der Waals surface area contributed by atoms with Gasteiger partial charge in [0.1, 0.15) is 17.1 Å². The molecule has 0 aliphatic rings. The third kappa shape index (κ3) is 4.02. The van der Waals surface area contributed by atoms with E-state index in [4.69, 9.17) is 4.74 Å². The second-order valence-corrected chi connectivity index (χ2v) is 6.85. The monoisotopic (exact) mass is 368 g/mol. The van der Waals surface area contributed by atoms with E-state index in [-0.39, 0.29) is 22.9 Å². The van der Waals surface area contributed by atoms with Crippen molar-refractivity contribution in [2.75, 3.05) is 20.7 Å². The molecule has 1 amide bonds. The van der Waals surface area contributed by atoms with E-state index in [9.17, 15) is 9.59 Å². The highest BCUT2D eigenvalue weighted by Crippen LogP contribution is 2.19. The van der Waals surface area contributed by atoms with E-state index in [0.717, 1.165) is 28.3 Å². The average molecular weight is 368 g/mol. The molecule has 0 spiro atoms. The maximum Gasteiger partial charge on any atom is 0.261 e. The number of imidazole rings is 1. The van der Waals surface area contributed by atoms with Crippen molar-refractivity contribution in [2.24, 2.45) is 0 Å². The van der Waals surface area contributed by atoms with Crippen molar-refractivity contribution in [3.8, 4) is 5.75 Å². The molecule has 0 unspecified atom stereocenters. The van der Waals surface area contributed by atoms with Crippen LogP contribution >= 0.6 is 0 Å². The van der Waals surface area contributed by atoms with Gasteiger partial charge in [-0.25, -0.2) is 4.98 Å². The molecular weight excluding hydrogens is 344 g/mol. The number of benzene rings is 1. The number of nitrogens with one attached hydrogen (secondary N) is 2. The highest BCUT2D eigenvalue weighted by atomic mass is 16.5. The lowest BCUT2D eigenvalue weighted by Gasteiger charge is -2.16. The second-order valence-electron chi connectivity index (χ2n) is 6.85. The molecule has 0 bridgehead atoms. The number of H-pyrrole nitrogens is 2. The second kappa shape index (κ2) is 7.65. The molecule has 27 heavy (non-hydrogen) atoms. The first-order valence-corrected chi connectivity index (χ1v) is 8.90. The lowest BCUT2D eigenvalue weighted by molar-refractivity contribution is 0.0794. The molecule has 0 fully saturated rings. The Kier molecular flexibility index (Phi) is 5.30. The van der Waals surface area contributed by atoms with Crippen LogP contribution in [-0.2, 0) is 6.42 Å². The highest BCUT2D eigenvalue weighted by molar-refractivity contribution is 5.93. The number of methoxy groups -OCH3 is 1. The predicted octanol–water partition coefficient (Wildman–Crippen LogP) is 2.70. The third-order valence-corrected chi connectivity index (χ3v) is 4.55. The molecule has 2 N–H and O–H groups in total. The minimum absolute atomic E-state index is 0.149. The summed E-state index contributed by atoms with van der Waals surface area (Å²) in [7, 11) is 3.30. The first-order chi connectivity index (χ1) is 12.9. The zero-order valence-electron chi connectivity index (χ0n) is 16.0. The fourth-order valence-electron chi connectivity index (χ4n) is 2.86. The lowest BCUT2D eigenvalue weighted by Crippen LogP contribution is -2.33. The first kappa shape index (κ1) is 18.7. The van der Waals surface area contributed by atoms with Gasteiger partial charge in [-0.3, -0.25) is 9.59 Å². The molecule has 3 rings (SSSR count). The van der Waals surface area contributed by atoms with E-state index < -0.39 is 0 Å². The fraction of sp³-hybridized carbons (Fsp3) is 0.350. The van der Waals surface area contributed by atoms with Gasteiger partial charge >= 0.3 is 0 Å². The molecule has 0 aliphatic carbocycles. The minimum Gasteiger partial charge on any atom is -0.497 e. The van der Waals surface area contributed by atoms with Gasteiger partial charge in [0.25, 0.3) is 11.5 Å². The number of carbonyl (C=O) groups excluding carboxylic acids is 1. The molecule has 0 aliphatic heterocycles. The lowest BCUT2D eigenvalue weighted by atomic mass is 10.1. The molecule has 7 heteroatoms. The Hall–Kier alpha value is -3.09. The summed E-state index contributed by atoms with van der Waals surface area (Å²) < 4.78 is 5.21. The number of hydrogen-bond acceptors (Lipinski definition) is 4. The maximum atomic E-state index is 12.6. The van der Waals surface area contributed by atoms with Gasteiger partial charge in [-0.15, -0.1) is 0 Å². The number of nitrogens with zero attached hydrogens (tertiary/aromatic N) is 2. The van der Waals surface area contributed by atoms with Crippen LogP contribution in [0.4, 0.5) is 0 Å². The molecule has 7 nitrogen and oxygen atoms in total. The van der Waals surface area contributed by atoms with Crippen molar-refractivity contribution >= 4 is 16.9 Å². The van der Waals surface area contributed by atoms with Crippen LogP contribution in [0.2, 0.25) is 0 Å². The van der Waals surface area contributed by atoms with Gasteiger partial charge < -0.3 is 19.6 Å². The van der Waals surface area contributed by atoms with Crippen LogP contribution < -0.4 is 10.3 Å². The summed E-state index contributed by atoms with van der Waals surface area (Å²) in [5.74, 6) is 1.44. The van der Waals surface area contributed by atoms with Crippen molar-refractivity contribution in [3.63, 3.8) is 0 Å². The number of likely N-dealkylation sites (N-methyl/N-ethyl adjacent to an activating group) is 1. The van der Waals surface area contributed by atoms with E-state index in [1.165, 1.54) is 4.90 Å². The SMILES string of the molecule is COc1ccc2nc(CCN(C)C(=O)c3ccc(C(C)C)[nH]c3=O)[nH]c2c1. The fourth-order valence-corrected chi connectivity index (χ4v) is 2.86. The molecule has 0 radical (unpaired) electrons. The number of hydrogen-bond donors (Lipinski definition) is 2. The number of aromatic amines is 2. The van der Waals surface area contributed by atoms with Gasteiger partial charge in [0.2, 0.25) is 0 Å². The zero-order chi connectivity index (χ0) is 19.6. The Morgan fingerprint density at radius 2 is 2.00 bits per heavy atom. The van der Waals surface area contributed by atoms with Crippen molar-refractivity contribution in [1.82, 2.24) is 19.9 Å². The Labute approximate surface area is 157 Å². The molecule has 0 saturated heterocycles. The summed E-state index contributed by atoms with van der Waals surface area (Å²) in [6, 6.07) is 9.02. The quantitative estimate of drug-likeness (QED) is 0.700. The highest BCUT2D eigenvalue weighted by Gasteiger charge is 2.17. The average Bonchev–Trinajstić information content (AvgIpc) is 3.07. The van der Waals surface area contributed by atoms with E-state index in [1.807, 2.05) is 32.0 Å². The molecular formula is C20H24N4O3. The number of rotatable bonds is 6. The van der Waals surface area contributed by atoms with Crippen molar-refractivity contribution in [1.29, 1.82) is 0 Å². The first-order valence-electron chi connectivity index (χ1n) is 8.90. The molecule has 3 aromatic rings. The topological polar surface area (TPSA) is 91.1 Å². The van der Waals surface area contributed by atoms with E-state index in [0.29, 0.717) is 13.0 Å². The van der Waals surface area contributed by atoms with Gasteiger partial charge in [0.05, 0.1) is 18.1 Å². The predicted molar refractivity (Wildman–Crippen MR) is 104 cm³/mol. The summed E-state index contributed by atoms with van der Waals surface area (Å²) in [5, 5.41) is 0. The van der Waals surface area contributed by atoms with Gasteiger partial charge in [0, 0.05) is 31.8 Å². The third-order valence-electron chi connectivity index (χ3n) is 4.55. The van der Waals surface area contributed by atoms with Crippen molar-refractivity contribution in [3.05, 3.63) is 57.8 Å². The van der Waals surface area contributed by atoms with Crippen LogP contribution in [0.25, 0.3) is 11.0 Å².